The minimum atomic E-state index is -1.48. The van der Waals surface area contributed by atoms with Crippen molar-refractivity contribution < 1.29 is 0 Å². The highest BCUT2D eigenvalue weighted by molar-refractivity contribution is 6.77. The Balaban J connectivity index is 1.97. The first-order chi connectivity index (χ1) is 10.5. The third-order valence-corrected chi connectivity index (χ3v) is 8.80. The van der Waals surface area contributed by atoms with E-state index < -0.39 is 8.24 Å². The van der Waals surface area contributed by atoms with Crippen LogP contribution in [0.2, 0.25) is 18.6 Å². The molecule has 116 valence electrons. The topological polar surface area (TPSA) is 15.3 Å². The number of benzene rings is 1. The summed E-state index contributed by atoms with van der Waals surface area (Å²) in [5, 5.41) is 0. The molecule has 1 N–H and O–H groups in total. The van der Waals surface area contributed by atoms with Gasteiger partial charge in [-0.2, -0.15) is 0 Å². The van der Waals surface area contributed by atoms with Gasteiger partial charge in [0.1, 0.15) is 8.24 Å². The zero-order chi connectivity index (χ0) is 15.7. The molecule has 0 saturated heterocycles. The summed E-state index contributed by atoms with van der Waals surface area (Å²) in [7, 11) is 2.84. The highest BCUT2D eigenvalue weighted by Gasteiger charge is 2.44. The minimum absolute atomic E-state index is 0.500. The monoisotopic (exact) mass is 310 g/mol. The highest BCUT2D eigenvalue weighted by Crippen LogP contribution is 2.48. The lowest BCUT2D eigenvalue weighted by Gasteiger charge is -2.34. The fourth-order valence-corrected chi connectivity index (χ4v) is 5.86. The van der Waals surface area contributed by atoms with Gasteiger partial charge in [-0.15, -0.1) is 0 Å². The van der Waals surface area contributed by atoms with E-state index in [1.165, 1.54) is 11.4 Å². The molecule has 0 spiro atoms. The molecule has 2 nitrogen and oxygen atoms in total. The van der Waals surface area contributed by atoms with Gasteiger partial charge in [-0.1, -0.05) is 61.7 Å². The summed E-state index contributed by atoms with van der Waals surface area (Å²) in [6.45, 7) is 4.87. The molecular weight excluding hydrogens is 284 g/mol. The number of fused-ring (bicyclic) bond motifs is 1. The predicted molar refractivity (Wildman–Crippen MR) is 98.5 cm³/mol. The molecule has 0 amide bonds. The summed E-state index contributed by atoms with van der Waals surface area (Å²) in [6.07, 6.45) is 11.7. The molecule has 3 atom stereocenters. The zero-order valence-electron chi connectivity index (χ0n) is 14.0. The third kappa shape index (κ3) is 2.59. The molecule has 0 aromatic heterocycles. The Kier molecular flexibility index (Phi) is 4.11. The van der Waals surface area contributed by atoms with Gasteiger partial charge in [-0.3, -0.25) is 0 Å². The van der Waals surface area contributed by atoms with Crippen molar-refractivity contribution in [1.29, 1.82) is 0 Å². The van der Waals surface area contributed by atoms with Crippen LogP contribution in [0.15, 0.2) is 66.4 Å². The molecule has 1 aromatic carbocycles. The third-order valence-electron chi connectivity index (χ3n) is 5.29. The van der Waals surface area contributed by atoms with Gasteiger partial charge in [0.25, 0.3) is 0 Å². The second-order valence-corrected chi connectivity index (χ2v) is 11.5. The number of para-hydroxylation sites is 1. The van der Waals surface area contributed by atoms with Crippen molar-refractivity contribution in [1.82, 2.24) is 4.98 Å². The van der Waals surface area contributed by atoms with Crippen molar-refractivity contribution in [3.8, 4) is 0 Å². The Morgan fingerprint density at radius 1 is 1.05 bits per heavy atom. The van der Waals surface area contributed by atoms with Gasteiger partial charge in [0, 0.05) is 24.4 Å². The summed E-state index contributed by atoms with van der Waals surface area (Å²) >= 11 is 0. The average molecular weight is 311 g/mol. The van der Waals surface area contributed by atoms with E-state index in [4.69, 9.17) is 0 Å². The minimum Gasteiger partial charge on any atom is -0.348 e. The molecule has 3 heteroatoms. The molecule has 0 fully saturated rings. The predicted octanol–water partition coefficient (Wildman–Crippen LogP) is 4.17. The van der Waals surface area contributed by atoms with E-state index in [2.05, 4.69) is 97.8 Å². The van der Waals surface area contributed by atoms with E-state index in [0.717, 1.165) is 0 Å². The quantitative estimate of drug-likeness (QED) is 0.840. The molecule has 2 aliphatic carbocycles. The molecule has 3 rings (SSSR count). The number of allylic oxidation sites excluding steroid dienone is 5. The Hall–Kier alpha value is -1.58. The number of hydrogen-bond donors (Lipinski definition) is 1. The lowest BCUT2D eigenvalue weighted by atomic mass is 9.89. The molecule has 3 unspecified atom stereocenters. The second kappa shape index (κ2) is 5.90. The van der Waals surface area contributed by atoms with E-state index in [9.17, 15) is 0 Å². The number of rotatable bonds is 4. The van der Waals surface area contributed by atoms with Crippen LogP contribution in [0, 0.1) is 11.8 Å². The van der Waals surface area contributed by atoms with Gasteiger partial charge in [-0.25, -0.2) is 0 Å². The molecule has 0 bridgehead atoms. The lowest BCUT2D eigenvalue weighted by Crippen LogP contribution is -2.48. The van der Waals surface area contributed by atoms with Gasteiger partial charge in [0.15, 0.2) is 0 Å². The van der Waals surface area contributed by atoms with Crippen molar-refractivity contribution in [2.75, 3.05) is 19.0 Å². The van der Waals surface area contributed by atoms with Gasteiger partial charge in [0.2, 0.25) is 0 Å². The molecule has 1 aromatic rings. The number of nitrogens with zero attached hydrogens (tertiary/aromatic N) is 1. The summed E-state index contributed by atoms with van der Waals surface area (Å²) in [5.74, 6) is 1.10. The van der Waals surface area contributed by atoms with Crippen LogP contribution >= 0.6 is 0 Å². The SMILES string of the molecule is CN[Si](C)(C)C1C=C(N(C)c2ccccc2)C2C=CC=CC21. The van der Waals surface area contributed by atoms with Gasteiger partial charge < -0.3 is 9.88 Å². The number of nitrogens with one attached hydrogen (secondary N) is 1. The smallest absolute Gasteiger partial charge is 0.126 e. The first-order valence-electron chi connectivity index (χ1n) is 8.09. The summed E-state index contributed by atoms with van der Waals surface area (Å²) < 4.78 is 0. The van der Waals surface area contributed by atoms with E-state index in [1.807, 2.05) is 0 Å². The van der Waals surface area contributed by atoms with E-state index in [1.54, 1.807) is 0 Å². The molecule has 2 aliphatic rings. The first-order valence-corrected chi connectivity index (χ1v) is 11.2. The maximum Gasteiger partial charge on any atom is 0.126 e. The van der Waals surface area contributed by atoms with Gasteiger partial charge >= 0.3 is 0 Å². The Morgan fingerprint density at radius 2 is 1.73 bits per heavy atom. The second-order valence-electron chi connectivity index (χ2n) is 6.86. The van der Waals surface area contributed by atoms with Crippen LogP contribution in [-0.2, 0) is 0 Å². The van der Waals surface area contributed by atoms with Crippen molar-refractivity contribution in [3.63, 3.8) is 0 Å². The largest absolute Gasteiger partial charge is 0.348 e. The van der Waals surface area contributed by atoms with Crippen LogP contribution in [0.5, 0.6) is 0 Å². The van der Waals surface area contributed by atoms with Crippen LogP contribution < -0.4 is 9.88 Å². The number of anilines is 1. The maximum atomic E-state index is 3.63. The van der Waals surface area contributed by atoms with E-state index in [-0.39, 0.29) is 0 Å². The van der Waals surface area contributed by atoms with Gasteiger partial charge in [0.05, 0.1) is 0 Å². The summed E-state index contributed by atoms with van der Waals surface area (Å²) in [4.78, 5) is 6.00. The van der Waals surface area contributed by atoms with E-state index >= 15 is 0 Å². The highest BCUT2D eigenvalue weighted by atomic mass is 28.3. The molecule has 0 radical (unpaired) electrons. The summed E-state index contributed by atoms with van der Waals surface area (Å²) in [6, 6.07) is 10.7. The molecule has 0 aliphatic heterocycles. The fourth-order valence-electron chi connectivity index (χ4n) is 3.66. The Morgan fingerprint density at radius 3 is 2.41 bits per heavy atom. The Bertz CT molecular complexity index is 616. The summed E-state index contributed by atoms with van der Waals surface area (Å²) in [5.41, 5.74) is 3.34. The first kappa shape index (κ1) is 15.3. The van der Waals surface area contributed by atoms with Crippen molar-refractivity contribution in [3.05, 3.63) is 66.4 Å². The Labute approximate surface area is 135 Å². The fraction of sp³-hybridized carbons (Fsp3) is 0.368. The van der Waals surface area contributed by atoms with Crippen molar-refractivity contribution in [2.45, 2.75) is 18.6 Å². The maximum absolute atomic E-state index is 3.63. The van der Waals surface area contributed by atoms with Crippen LogP contribution in [0.3, 0.4) is 0 Å². The van der Waals surface area contributed by atoms with Crippen LogP contribution in [-0.4, -0.2) is 22.3 Å². The van der Waals surface area contributed by atoms with Crippen molar-refractivity contribution >= 4 is 13.9 Å². The standard InChI is InChI=1S/C19H26N2Si/c1-20-22(3,4)19-14-18(16-12-8-9-13-17(16)19)21(2)15-10-6-5-7-11-15/h5-14,16-17,19-20H,1-4H3. The lowest BCUT2D eigenvalue weighted by molar-refractivity contribution is 0.556. The van der Waals surface area contributed by atoms with Crippen LogP contribution in [0.1, 0.15) is 0 Å². The van der Waals surface area contributed by atoms with E-state index in [0.29, 0.717) is 17.4 Å². The average Bonchev–Trinajstić information content (AvgIpc) is 2.95. The molecule has 22 heavy (non-hydrogen) atoms. The van der Waals surface area contributed by atoms with Crippen molar-refractivity contribution in [2.24, 2.45) is 11.8 Å². The number of hydrogen-bond acceptors (Lipinski definition) is 2. The van der Waals surface area contributed by atoms with Gasteiger partial charge in [-0.05, 0) is 30.6 Å². The van der Waals surface area contributed by atoms with Crippen LogP contribution in [0.25, 0.3) is 0 Å². The van der Waals surface area contributed by atoms with Crippen LogP contribution in [0.4, 0.5) is 5.69 Å². The molecule has 0 saturated carbocycles. The molecular formula is C19H26N2Si. The zero-order valence-corrected chi connectivity index (χ0v) is 15.0. The molecule has 0 heterocycles. The normalized spacial score (nSPS) is 26.7.